The lowest BCUT2D eigenvalue weighted by Crippen LogP contribution is -2.17. The number of hydrogen-bond acceptors (Lipinski definition) is 7. The molecule has 0 heterocycles. The lowest BCUT2D eigenvalue weighted by atomic mass is 10.1. The molecule has 3 aromatic rings. The molecule has 33 heavy (non-hydrogen) atoms. The minimum atomic E-state index is -4.04. The maximum atomic E-state index is 12.6. The van der Waals surface area contributed by atoms with E-state index in [1.54, 1.807) is 31.2 Å². The van der Waals surface area contributed by atoms with Crippen molar-refractivity contribution in [1.82, 2.24) is 5.43 Å². The van der Waals surface area contributed by atoms with Gasteiger partial charge in [-0.15, -0.1) is 0 Å². The van der Waals surface area contributed by atoms with Gasteiger partial charge >= 0.3 is 10.1 Å². The zero-order valence-electron chi connectivity index (χ0n) is 18.0. The fourth-order valence-electron chi connectivity index (χ4n) is 2.74. The number of hydrogen-bond donors (Lipinski definition) is 1. The van der Waals surface area contributed by atoms with Crippen LogP contribution in [0.3, 0.4) is 0 Å². The number of rotatable bonds is 8. The van der Waals surface area contributed by atoms with Gasteiger partial charge in [0.25, 0.3) is 5.91 Å². The van der Waals surface area contributed by atoms with Crippen LogP contribution in [0, 0.1) is 18.3 Å². The first-order valence-electron chi connectivity index (χ1n) is 9.94. The molecule has 0 atom stereocenters. The summed E-state index contributed by atoms with van der Waals surface area (Å²) in [4.78, 5) is 12.2. The molecule has 3 rings (SSSR count). The van der Waals surface area contributed by atoms with Crippen LogP contribution < -0.4 is 14.3 Å². The standard InChI is InChI=1S/C24H21N3O5S/c1-3-31-23-14-19(16-26-27-24(28)20-9-6-18(15-25)7-10-20)8-13-22(23)32-33(29,30)21-11-4-17(2)5-12-21/h4-14,16H,3H2,1-2H3,(H,27,28)/b26-16-. The van der Waals surface area contributed by atoms with Gasteiger partial charge in [-0.3, -0.25) is 4.79 Å². The van der Waals surface area contributed by atoms with Crippen molar-refractivity contribution in [1.29, 1.82) is 5.26 Å². The second kappa shape index (κ2) is 10.4. The van der Waals surface area contributed by atoms with E-state index in [1.165, 1.54) is 48.7 Å². The Morgan fingerprint density at radius 1 is 1.06 bits per heavy atom. The molecule has 168 valence electrons. The van der Waals surface area contributed by atoms with Crippen molar-refractivity contribution in [2.45, 2.75) is 18.7 Å². The van der Waals surface area contributed by atoms with Crippen molar-refractivity contribution in [3.63, 3.8) is 0 Å². The van der Waals surface area contributed by atoms with Gasteiger partial charge in [0, 0.05) is 5.56 Å². The SMILES string of the molecule is CCOc1cc(/C=N\NC(=O)c2ccc(C#N)cc2)ccc1OS(=O)(=O)c1ccc(C)cc1. The zero-order valence-corrected chi connectivity index (χ0v) is 18.8. The highest BCUT2D eigenvalue weighted by molar-refractivity contribution is 7.87. The van der Waals surface area contributed by atoms with Crippen LogP contribution in [-0.2, 0) is 10.1 Å². The number of carbonyl (C=O) groups is 1. The van der Waals surface area contributed by atoms with Crippen LogP contribution in [0.5, 0.6) is 11.5 Å². The number of aryl methyl sites for hydroxylation is 1. The van der Waals surface area contributed by atoms with Crippen LogP contribution in [0.15, 0.2) is 76.7 Å². The summed E-state index contributed by atoms with van der Waals surface area (Å²) < 4.78 is 36.0. The Morgan fingerprint density at radius 3 is 2.39 bits per heavy atom. The van der Waals surface area contributed by atoms with E-state index in [0.29, 0.717) is 16.7 Å². The van der Waals surface area contributed by atoms with E-state index < -0.39 is 16.0 Å². The highest BCUT2D eigenvalue weighted by Gasteiger charge is 2.19. The normalized spacial score (nSPS) is 11.1. The third-order valence-corrected chi connectivity index (χ3v) is 5.68. The first-order chi connectivity index (χ1) is 15.8. The minimum Gasteiger partial charge on any atom is -0.490 e. The molecule has 0 saturated heterocycles. The maximum Gasteiger partial charge on any atom is 0.339 e. The van der Waals surface area contributed by atoms with Gasteiger partial charge in [0.15, 0.2) is 11.5 Å². The highest BCUT2D eigenvalue weighted by atomic mass is 32.2. The molecule has 0 saturated carbocycles. The second-order valence-electron chi connectivity index (χ2n) is 6.88. The highest BCUT2D eigenvalue weighted by Crippen LogP contribution is 2.31. The third kappa shape index (κ3) is 6.18. The molecular weight excluding hydrogens is 442 g/mol. The van der Waals surface area contributed by atoms with Crippen LogP contribution in [0.25, 0.3) is 0 Å². The Hall–Kier alpha value is -4.16. The number of ether oxygens (including phenoxy) is 1. The third-order valence-electron chi connectivity index (χ3n) is 4.43. The van der Waals surface area contributed by atoms with Gasteiger partial charge in [0.2, 0.25) is 0 Å². The van der Waals surface area contributed by atoms with Gasteiger partial charge in [-0.05, 0) is 74.0 Å². The van der Waals surface area contributed by atoms with E-state index in [-0.39, 0.29) is 23.0 Å². The summed E-state index contributed by atoms with van der Waals surface area (Å²) in [5.74, 6) is -0.184. The lowest BCUT2D eigenvalue weighted by molar-refractivity contribution is 0.0955. The van der Waals surface area contributed by atoms with E-state index in [0.717, 1.165) is 5.56 Å². The fraction of sp³-hybridized carbons (Fsp3) is 0.125. The molecule has 0 aromatic heterocycles. The number of hydrazone groups is 1. The van der Waals surface area contributed by atoms with Crippen molar-refractivity contribution in [2.24, 2.45) is 5.10 Å². The molecular formula is C24H21N3O5S. The molecule has 0 bridgehead atoms. The first kappa shape index (κ1) is 23.5. The molecule has 0 radical (unpaired) electrons. The molecule has 1 amide bonds. The van der Waals surface area contributed by atoms with Gasteiger partial charge in [-0.1, -0.05) is 17.7 Å². The molecule has 0 aliphatic heterocycles. The van der Waals surface area contributed by atoms with Crippen LogP contribution >= 0.6 is 0 Å². The number of amides is 1. The van der Waals surface area contributed by atoms with Crippen molar-refractivity contribution in [3.05, 3.63) is 89.0 Å². The summed E-state index contributed by atoms with van der Waals surface area (Å²) in [5, 5.41) is 12.7. The largest absolute Gasteiger partial charge is 0.490 e. The molecule has 8 nitrogen and oxygen atoms in total. The van der Waals surface area contributed by atoms with Gasteiger partial charge in [-0.25, -0.2) is 5.43 Å². The molecule has 1 N–H and O–H groups in total. The summed E-state index contributed by atoms with van der Waals surface area (Å²) in [6.07, 6.45) is 1.39. The average molecular weight is 464 g/mol. The van der Waals surface area contributed by atoms with E-state index >= 15 is 0 Å². The Kier molecular flexibility index (Phi) is 7.43. The Labute approximate surface area is 192 Å². The first-order valence-corrected chi connectivity index (χ1v) is 11.3. The van der Waals surface area contributed by atoms with Crippen LogP contribution in [0.1, 0.15) is 34.0 Å². The summed E-state index contributed by atoms with van der Waals surface area (Å²) in [6.45, 7) is 3.91. The van der Waals surface area contributed by atoms with E-state index in [2.05, 4.69) is 10.5 Å². The van der Waals surface area contributed by atoms with E-state index in [4.69, 9.17) is 14.2 Å². The van der Waals surface area contributed by atoms with E-state index in [9.17, 15) is 13.2 Å². The van der Waals surface area contributed by atoms with Crippen molar-refractivity contribution >= 4 is 22.2 Å². The van der Waals surface area contributed by atoms with Crippen molar-refractivity contribution < 1.29 is 22.1 Å². The van der Waals surface area contributed by atoms with E-state index in [1.807, 2.05) is 13.0 Å². The Balaban J connectivity index is 1.74. The predicted molar refractivity (Wildman–Crippen MR) is 123 cm³/mol. The van der Waals surface area contributed by atoms with Gasteiger partial charge in [0.1, 0.15) is 4.90 Å². The monoisotopic (exact) mass is 463 g/mol. The molecule has 0 aliphatic carbocycles. The lowest BCUT2D eigenvalue weighted by Gasteiger charge is -2.12. The summed E-state index contributed by atoms with van der Waals surface area (Å²) in [7, 11) is -4.04. The van der Waals surface area contributed by atoms with Gasteiger partial charge in [0.05, 0.1) is 24.5 Å². The number of nitrogens with zero attached hydrogens (tertiary/aromatic N) is 2. The Bertz CT molecular complexity index is 1310. The molecule has 0 spiro atoms. The average Bonchev–Trinajstić information content (AvgIpc) is 2.81. The number of nitrogens with one attached hydrogen (secondary N) is 1. The fourth-order valence-corrected chi connectivity index (χ4v) is 3.68. The minimum absolute atomic E-state index is 0.0340. The van der Waals surface area contributed by atoms with Crippen molar-refractivity contribution in [3.8, 4) is 17.6 Å². The zero-order chi connectivity index (χ0) is 23.8. The number of nitriles is 1. The van der Waals surface area contributed by atoms with Gasteiger partial charge < -0.3 is 8.92 Å². The number of carbonyl (C=O) groups excluding carboxylic acids is 1. The summed E-state index contributed by atoms with van der Waals surface area (Å²) in [5.41, 5.74) is 4.68. The molecule has 3 aromatic carbocycles. The Morgan fingerprint density at radius 2 is 1.76 bits per heavy atom. The molecule has 0 aliphatic rings. The second-order valence-corrected chi connectivity index (χ2v) is 8.42. The maximum absolute atomic E-state index is 12.6. The summed E-state index contributed by atoms with van der Waals surface area (Å²) in [6, 6.07) is 19.0. The quantitative estimate of drug-likeness (QED) is 0.308. The summed E-state index contributed by atoms with van der Waals surface area (Å²) >= 11 is 0. The van der Waals surface area contributed by atoms with Crippen LogP contribution in [0.4, 0.5) is 0 Å². The molecule has 9 heteroatoms. The van der Waals surface area contributed by atoms with Crippen molar-refractivity contribution in [2.75, 3.05) is 6.61 Å². The molecule has 0 fully saturated rings. The van der Waals surface area contributed by atoms with Crippen LogP contribution in [0.2, 0.25) is 0 Å². The predicted octanol–water partition coefficient (Wildman–Crippen LogP) is 3.80. The molecule has 0 unspecified atom stereocenters. The van der Waals surface area contributed by atoms with Gasteiger partial charge in [-0.2, -0.15) is 18.8 Å². The smallest absolute Gasteiger partial charge is 0.339 e. The van der Waals surface area contributed by atoms with Crippen LogP contribution in [-0.4, -0.2) is 27.1 Å². The topological polar surface area (TPSA) is 118 Å². The number of benzene rings is 3.